The second-order valence-corrected chi connectivity index (χ2v) is 10.0. The highest BCUT2D eigenvalue weighted by molar-refractivity contribution is 8.01. The molecule has 0 aromatic carbocycles. The van der Waals surface area contributed by atoms with Crippen LogP contribution in [0.3, 0.4) is 0 Å². The number of rotatable bonds is 9. The number of carbonyl (C=O) groups excluding carboxylic acids is 1. The number of hydrogen-bond acceptors (Lipinski definition) is 12. The number of thioether (sulfide) groups is 2. The van der Waals surface area contributed by atoms with E-state index in [-0.39, 0.29) is 23.5 Å². The summed E-state index contributed by atoms with van der Waals surface area (Å²) in [4.78, 5) is 31.1. The van der Waals surface area contributed by atoms with Crippen LogP contribution in [0.4, 0.5) is 0 Å². The first kappa shape index (κ1) is 22.5. The maximum absolute atomic E-state index is 12.9. The van der Waals surface area contributed by atoms with Crippen molar-refractivity contribution in [1.29, 1.82) is 0 Å². The molecule has 0 saturated carbocycles. The van der Waals surface area contributed by atoms with Crippen LogP contribution in [0.15, 0.2) is 26.3 Å². The van der Waals surface area contributed by atoms with Crippen molar-refractivity contribution in [2.75, 3.05) is 38.4 Å². The van der Waals surface area contributed by atoms with E-state index in [1.807, 2.05) is 0 Å². The first-order valence-corrected chi connectivity index (χ1v) is 12.3. The second kappa shape index (κ2) is 9.42. The minimum Gasteiger partial charge on any atom is -0.477 e. The Balaban J connectivity index is 1.43. The lowest BCUT2D eigenvalue weighted by Gasteiger charge is -2.49. The molecule has 0 bridgehead atoms. The largest absolute Gasteiger partial charge is 0.477 e. The van der Waals surface area contributed by atoms with E-state index in [9.17, 15) is 14.7 Å². The highest BCUT2D eigenvalue weighted by atomic mass is 32.2. The van der Waals surface area contributed by atoms with E-state index in [1.54, 1.807) is 12.4 Å². The molecular weight excluding hydrogens is 466 g/mol. The number of β-lactam (4-membered cyclic amide) rings is 1. The van der Waals surface area contributed by atoms with E-state index in [0.717, 1.165) is 4.34 Å². The topological polar surface area (TPSA) is 135 Å². The van der Waals surface area contributed by atoms with Gasteiger partial charge < -0.3 is 19.4 Å². The summed E-state index contributed by atoms with van der Waals surface area (Å²) in [5.41, 5.74) is 2.85. The maximum atomic E-state index is 12.9. The Labute approximate surface area is 190 Å². The summed E-state index contributed by atoms with van der Waals surface area (Å²) in [7, 11) is 1.43. The van der Waals surface area contributed by atoms with Gasteiger partial charge in [-0.25, -0.2) is 4.79 Å². The van der Waals surface area contributed by atoms with Gasteiger partial charge in [-0.2, -0.15) is 0 Å². The third kappa shape index (κ3) is 4.45. The third-order valence-corrected chi connectivity index (χ3v) is 8.30. The van der Waals surface area contributed by atoms with E-state index in [0.29, 0.717) is 36.0 Å². The smallest absolute Gasteiger partial charge is 0.352 e. The summed E-state index contributed by atoms with van der Waals surface area (Å²) in [6.07, 6.45) is 0. The number of carbonyl (C=O) groups is 2. The minimum atomic E-state index is -1.10. The summed E-state index contributed by atoms with van der Waals surface area (Å²) in [5.74, 6) is -1.45. The first-order valence-electron chi connectivity index (χ1n) is 9.35. The minimum absolute atomic E-state index is 0.0593. The number of aliphatic carboxylic acids is 1. The molecule has 3 aliphatic heterocycles. The van der Waals surface area contributed by atoms with Crippen LogP contribution in [0.2, 0.25) is 0 Å². The summed E-state index contributed by atoms with van der Waals surface area (Å²) in [6.45, 7) is 2.84. The second-order valence-electron chi connectivity index (χ2n) is 6.88. The van der Waals surface area contributed by atoms with Crippen LogP contribution in [0, 0.1) is 0 Å². The number of ether oxygens (including phenoxy) is 2. The Morgan fingerprint density at radius 2 is 2.29 bits per heavy atom. The molecule has 4 heterocycles. The molecule has 1 aromatic heterocycles. The number of oxime groups is 1. The molecule has 2 atom stereocenters. The molecule has 0 aliphatic carbocycles. The molecule has 14 heteroatoms. The summed E-state index contributed by atoms with van der Waals surface area (Å²) < 4.78 is 12.0. The summed E-state index contributed by atoms with van der Waals surface area (Å²) >= 11 is 4.34. The van der Waals surface area contributed by atoms with E-state index in [1.165, 1.54) is 46.9 Å². The fourth-order valence-corrected chi connectivity index (χ4v) is 6.50. The number of nitrogens with zero attached hydrogens (tertiary/aromatic N) is 4. The quantitative estimate of drug-likeness (QED) is 0.219. The Bertz CT molecular complexity index is 902. The fourth-order valence-electron chi connectivity index (χ4n) is 3.50. The Morgan fingerprint density at radius 3 is 2.94 bits per heavy atom. The third-order valence-electron chi connectivity index (χ3n) is 5.01. The van der Waals surface area contributed by atoms with Crippen molar-refractivity contribution in [2.45, 2.75) is 28.5 Å². The zero-order valence-electron chi connectivity index (χ0n) is 16.8. The lowest BCUT2D eigenvalue weighted by molar-refractivity contribution is -0.149. The summed E-state index contributed by atoms with van der Waals surface area (Å²) in [5, 5.41) is 24.4. The molecule has 168 valence electrons. The lowest BCUT2D eigenvalue weighted by Crippen LogP contribution is -2.70. The van der Waals surface area contributed by atoms with Gasteiger partial charge in [-0.1, -0.05) is 28.3 Å². The number of carboxylic acid groups (broad SMARTS) is 1. The van der Waals surface area contributed by atoms with Crippen molar-refractivity contribution in [3.63, 3.8) is 0 Å². The SMILES string of the molecule is CO/N=C(/CNC1C(=O)N2C(C(=O)O)=C(CSc3nncs3)CS[C@H]12)C1(C)OCCO1. The average molecular weight is 488 g/mol. The molecule has 2 N–H and O–H groups in total. The van der Waals surface area contributed by atoms with E-state index in [4.69, 9.17) is 14.3 Å². The molecule has 3 aliphatic rings. The fraction of sp³-hybridized carbons (Fsp3) is 0.588. The maximum Gasteiger partial charge on any atom is 0.352 e. The van der Waals surface area contributed by atoms with Gasteiger partial charge in [0.25, 0.3) is 0 Å². The Hall–Kier alpha value is -1.71. The van der Waals surface area contributed by atoms with Crippen molar-refractivity contribution < 1.29 is 29.0 Å². The predicted octanol–water partition coefficient (Wildman–Crippen LogP) is 0.608. The van der Waals surface area contributed by atoms with E-state index >= 15 is 0 Å². The Morgan fingerprint density at radius 1 is 1.52 bits per heavy atom. The zero-order chi connectivity index (χ0) is 22.0. The molecule has 2 saturated heterocycles. The van der Waals surface area contributed by atoms with Gasteiger partial charge >= 0.3 is 5.97 Å². The Kier molecular flexibility index (Phi) is 6.83. The van der Waals surface area contributed by atoms with Gasteiger partial charge in [-0.15, -0.1) is 22.0 Å². The van der Waals surface area contributed by atoms with Crippen LogP contribution in [0.25, 0.3) is 0 Å². The highest BCUT2D eigenvalue weighted by Crippen LogP contribution is 2.41. The molecule has 0 radical (unpaired) electrons. The van der Waals surface area contributed by atoms with Crippen molar-refractivity contribution in [2.24, 2.45) is 5.16 Å². The average Bonchev–Trinajstić information content (AvgIpc) is 3.43. The van der Waals surface area contributed by atoms with Crippen molar-refractivity contribution >= 4 is 52.4 Å². The van der Waals surface area contributed by atoms with Gasteiger partial charge in [0.05, 0.1) is 13.2 Å². The van der Waals surface area contributed by atoms with Crippen LogP contribution in [0.5, 0.6) is 0 Å². The molecule has 11 nitrogen and oxygen atoms in total. The van der Waals surface area contributed by atoms with Crippen LogP contribution in [-0.2, 0) is 23.9 Å². The molecule has 2 fully saturated rings. The lowest BCUT2D eigenvalue weighted by atomic mass is 10.0. The van der Waals surface area contributed by atoms with Gasteiger partial charge in [-0.05, 0) is 12.5 Å². The zero-order valence-corrected chi connectivity index (χ0v) is 19.2. The predicted molar refractivity (Wildman–Crippen MR) is 115 cm³/mol. The van der Waals surface area contributed by atoms with Crippen LogP contribution >= 0.6 is 34.9 Å². The standard InChI is InChI=1S/C17H21N5O6S3/c1-17(27-3-4-28-17)10(21-26-2)5-18-11-13(23)22-12(15(24)25)9(6-29-14(11)22)7-30-16-20-19-8-31-16/h8,11,14,18H,3-7H2,1-2H3,(H,24,25)/b21-10-/t11?,14-/m1/s1. The van der Waals surface area contributed by atoms with Crippen LogP contribution in [0.1, 0.15) is 6.92 Å². The van der Waals surface area contributed by atoms with Gasteiger partial charge in [0.15, 0.2) is 4.34 Å². The van der Waals surface area contributed by atoms with Crippen LogP contribution in [-0.4, -0.2) is 93.4 Å². The van der Waals surface area contributed by atoms with Crippen molar-refractivity contribution in [3.05, 3.63) is 16.8 Å². The van der Waals surface area contributed by atoms with Crippen molar-refractivity contribution in [1.82, 2.24) is 20.4 Å². The first-order chi connectivity index (χ1) is 14.9. The normalized spacial score (nSPS) is 25.4. The van der Waals surface area contributed by atoms with Crippen LogP contribution < -0.4 is 5.32 Å². The number of fused-ring (bicyclic) bond motifs is 1. The molecule has 0 spiro atoms. The molecule has 1 amide bonds. The number of aromatic nitrogens is 2. The number of amides is 1. The molecular formula is C17H21N5O6S3. The number of nitrogens with one attached hydrogen (secondary N) is 1. The molecule has 4 rings (SSSR count). The van der Waals surface area contributed by atoms with Gasteiger partial charge in [-0.3, -0.25) is 15.0 Å². The van der Waals surface area contributed by atoms with Gasteiger partial charge in [0.1, 0.15) is 35.4 Å². The van der Waals surface area contributed by atoms with Gasteiger partial charge in [0.2, 0.25) is 11.7 Å². The molecule has 31 heavy (non-hydrogen) atoms. The van der Waals surface area contributed by atoms with E-state index < -0.39 is 17.8 Å². The highest BCUT2D eigenvalue weighted by Gasteiger charge is 2.53. The summed E-state index contributed by atoms with van der Waals surface area (Å²) in [6, 6.07) is -0.538. The number of carboxylic acids is 1. The van der Waals surface area contributed by atoms with Gasteiger partial charge in [0, 0.05) is 18.1 Å². The molecule has 1 unspecified atom stereocenters. The van der Waals surface area contributed by atoms with Crippen molar-refractivity contribution in [3.8, 4) is 0 Å². The monoisotopic (exact) mass is 487 g/mol. The molecule has 1 aromatic rings. The number of hydrogen-bond donors (Lipinski definition) is 2. The van der Waals surface area contributed by atoms with E-state index in [2.05, 4.69) is 20.7 Å².